The molecule has 0 saturated heterocycles. The SMILES string of the molecule is CC(=O)c1ccc(NC(=O)Cc2csc(COc3ccc(C)cc3)n2)cc1. The van der Waals surface area contributed by atoms with Crippen LogP contribution in [0.4, 0.5) is 5.69 Å². The lowest BCUT2D eigenvalue weighted by molar-refractivity contribution is -0.115. The fourth-order valence-electron chi connectivity index (χ4n) is 2.43. The maximum Gasteiger partial charge on any atom is 0.230 e. The molecule has 0 bridgehead atoms. The standard InChI is InChI=1S/C21H20N2O3S/c1-14-3-9-19(10-4-14)26-12-21-23-18(13-27-21)11-20(25)22-17-7-5-16(6-8-17)15(2)24/h3-10,13H,11-12H2,1-2H3,(H,22,25). The van der Waals surface area contributed by atoms with Crippen LogP contribution >= 0.6 is 11.3 Å². The van der Waals surface area contributed by atoms with Gasteiger partial charge in [0, 0.05) is 16.6 Å². The minimum atomic E-state index is -0.151. The van der Waals surface area contributed by atoms with Crippen LogP contribution in [0.5, 0.6) is 5.75 Å². The Morgan fingerprint density at radius 2 is 1.78 bits per heavy atom. The minimum Gasteiger partial charge on any atom is -0.486 e. The van der Waals surface area contributed by atoms with Crippen molar-refractivity contribution in [2.24, 2.45) is 0 Å². The van der Waals surface area contributed by atoms with E-state index >= 15 is 0 Å². The van der Waals surface area contributed by atoms with Gasteiger partial charge >= 0.3 is 0 Å². The van der Waals surface area contributed by atoms with Crippen LogP contribution in [0.3, 0.4) is 0 Å². The van der Waals surface area contributed by atoms with Gasteiger partial charge in [-0.3, -0.25) is 9.59 Å². The van der Waals surface area contributed by atoms with Crippen molar-refractivity contribution >= 4 is 28.7 Å². The molecule has 0 aliphatic rings. The maximum absolute atomic E-state index is 12.2. The summed E-state index contributed by atoms with van der Waals surface area (Å²) in [5.74, 6) is 0.640. The zero-order valence-electron chi connectivity index (χ0n) is 15.2. The van der Waals surface area contributed by atoms with Crippen molar-refractivity contribution in [3.05, 3.63) is 75.7 Å². The van der Waals surface area contributed by atoms with Crippen molar-refractivity contribution < 1.29 is 14.3 Å². The predicted octanol–water partition coefficient (Wildman–Crippen LogP) is 4.41. The van der Waals surface area contributed by atoms with Gasteiger partial charge in [-0.05, 0) is 50.2 Å². The van der Waals surface area contributed by atoms with E-state index in [2.05, 4.69) is 10.3 Å². The number of aryl methyl sites for hydroxylation is 1. The first-order valence-electron chi connectivity index (χ1n) is 8.53. The summed E-state index contributed by atoms with van der Waals surface area (Å²) in [7, 11) is 0. The van der Waals surface area contributed by atoms with E-state index in [0.717, 1.165) is 10.8 Å². The van der Waals surface area contributed by atoms with Gasteiger partial charge in [-0.15, -0.1) is 11.3 Å². The number of ketones is 1. The third kappa shape index (κ3) is 5.49. The summed E-state index contributed by atoms with van der Waals surface area (Å²) in [4.78, 5) is 27.9. The molecule has 1 N–H and O–H groups in total. The first-order chi connectivity index (χ1) is 13.0. The van der Waals surface area contributed by atoms with Crippen LogP contribution in [0.2, 0.25) is 0 Å². The molecule has 3 rings (SSSR count). The summed E-state index contributed by atoms with van der Waals surface area (Å²) in [5.41, 5.74) is 3.16. The fourth-order valence-corrected chi connectivity index (χ4v) is 3.14. The highest BCUT2D eigenvalue weighted by Crippen LogP contribution is 2.17. The van der Waals surface area contributed by atoms with E-state index in [4.69, 9.17) is 4.74 Å². The van der Waals surface area contributed by atoms with E-state index in [1.807, 2.05) is 36.6 Å². The zero-order valence-corrected chi connectivity index (χ0v) is 16.0. The summed E-state index contributed by atoms with van der Waals surface area (Å²) < 4.78 is 5.71. The number of anilines is 1. The van der Waals surface area contributed by atoms with Gasteiger partial charge < -0.3 is 10.1 Å². The summed E-state index contributed by atoms with van der Waals surface area (Å²) in [5, 5.41) is 5.50. The van der Waals surface area contributed by atoms with Crippen LogP contribution in [0.1, 0.15) is 33.5 Å². The van der Waals surface area contributed by atoms with Crippen molar-refractivity contribution in [1.82, 2.24) is 4.98 Å². The van der Waals surface area contributed by atoms with Gasteiger partial charge in [0.15, 0.2) is 5.78 Å². The second-order valence-corrected chi connectivity index (χ2v) is 7.14. The lowest BCUT2D eigenvalue weighted by atomic mass is 10.1. The van der Waals surface area contributed by atoms with Gasteiger partial charge in [0.1, 0.15) is 17.4 Å². The Kier molecular flexibility index (Phi) is 5.98. The Balaban J connectivity index is 1.51. The molecule has 0 fully saturated rings. The molecule has 0 radical (unpaired) electrons. The highest BCUT2D eigenvalue weighted by molar-refractivity contribution is 7.09. The van der Waals surface area contributed by atoms with Crippen molar-refractivity contribution in [1.29, 1.82) is 0 Å². The fraction of sp³-hybridized carbons (Fsp3) is 0.190. The number of hydrogen-bond donors (Lipinski definition) is 1. The molecule has 1 heterocycles. The van der Waals surface area contributed by atoms with E-state index in [1.54, 1.807) is 24.3 Å². The number of thiazole rings is 1. The number of nitrogens with zero attached hydrogens (tertiary/aromatic N) is 1. The Labute approximate surface area is 162 Å². The van der Waals surface area contributed by atoms with Crippen LogP contribution in [0.15, 0.2) is 53.9 Å². The smallest absolute Gasteiger partial charge is 0.230 e. The molecule has 6 heteroatoms. The molecule has 27 heavy (non-hydrogen) atoms. The molecule has 0 aliphatic heterocycles. The van der Waals surface area contributed by atoms with Gasteiger partial charge in [-0.25, -0.2) is 4.98 Å². The normalized spacial score (nSPS) is 10.4. The first kappa shape index (κ1) is 18.8. The van der Waals surface area contributed by atoms with Crippen LogP contribution in [0, 0.1) is 6.92 Å². The molecule has 3 aromatic rings. The van der Waals surface area contributed by atoms with E-state index in [0.29, 0.717) is 23.6 Å². The van der Waals surface area contributed by atoms with Crippen molar-refractivity contribution in [2.75, 3.05) is 5.32 Å². The molecule has 0 saturated carbocycles. The van der Waals surface area contributed by atoms with Crippen molar-refractivity contribution in [2.45, 2.75) is 26.9 Å². The number of ether oxygens (including phenoxy) is 1. The van der Waals surface area contributed by atoms with E-state index in [1.165, 1.54) is 23.8 Å². The number of carbonyl (C=O) groups is 2. The molecule has 0 aliphatic carbocycles. The topological polar surface area (TPSA) is 68.3 Å². The number of carbonyl (C=O) groups excluding carboxylic acids is 2. The highest BCUT2D eigenvalue weighted by atomic mass is 32.1. The molecule has 0 spiro atoms. The first-order valence-corrected chi connectivity index (χ1v) is 9.41. The van der Waals surface area contributed by atoms with E-state index in [9.17, 15) is 9.59 Å². The maximum atomic E-state index is 12.2. The van der Waals surface area contributed by atoms with Crippen molar-refractivity contribution in [3.8, 4) is 5.75 Å². The molecular formula is C21H20N2O3S. The lowest BCUT2D eigenvalue weighted by Gasteiger charge is -2.05. The van der Waals surface area contributed by atoms with Gasteiger partial charge in [0.2, 0.25) is 5.91 Å². The quantitative estimate of drug-likeness (QED) is 0.616. The molecule has 1 aromatic heterocycles. The Bertz CT molecular complexity index is 931. The average molecular weight is 380 g/mol. The van der Waals surface area contributed by atoms with Gasteiger partial charge in [0.05, 0.1) is 12.1 Å². The number of nitrogens with one attached hydrogen (secondary N) is 1. The summed E-state index contributed by atoms with van der Waals surface area (Å²) in [6.07, 6.45) is 0.190. The number of amides is 1. The molecule has 138 valence electrons. The summed E-state index contributed by atoms with van der Waals surface area (Å²) in [6.45, 7) is 3.91. The Hall–Kier alpha value is -2.99. The summed E-state index contributed by atoms with van der Waals surface area (Å²) in [6, 6.07) is 14.7. The number of rotatable bonds is 7. The van der Waals surface area contributed by atoms with E-state index < -0.39 is 0 Å². The third-order valence-electron chi connectivity index (χ3n) is 3.90. The predicted molar refractivity (Wildman–Crippen MR) is 106 cm³/mol. The van der Waals surface area contributed by atoms with Crippen LogP contribution in [0.25, 0.3) is 0 Å². The average Bonchev–Trinajstić information content (AvgIpc) is 3.09. The van der Waals surface area contributed by atoms with Crippen LogP contribution < -0.4 is 10.1 Å². The van der Waals surface area contributed by atoms with Gasteiger partial charge in [0.25, 0.3) is 0 Å². The molecule has 0 unspecified atom stereocenters. The molecule has 5 nitrogen and oxygen atoms in total. The largest absolute Gasteiger partial charge is 0.486 e. The monoisotopic (exact) mass is 380 g/mol. The van der Waals surface area contributed by atoms with Gasteiger partial charge in [-0.2, -0.15) is 0 Å². The summed E-state index contributed by atoms with van der Waals surface area (Å²) >= 11 is 1.47. The van der Waals surface area contributed by atoms with Gasteiger partial charge in [-0.1, -0.05) is 17.7 Å². The lowest BCUT2D eigenvalue weighted by Crippen LogP contribution is -2.14. The van der Waals surface area contributed by atoms with E-state index in [-0.39, 0.29) is 18.1 Å². The van der Waals surface area contributed by atoms with Crippen LogP contribution in [-0.2, 0) is 17.8 Å². The number of benzene rings is 2. The number of aromatic nitrogens is 1. The number of hydrogen-bond acceptors (Lipinski definition) is 5. The molecule has 2 aromatic carbocycles. The minimum absolute atomic E-state index is 0.00395. The second-order valence-electron chi connectivity index (χ2n) is 6.19. The molecular weight excluding hydrogens is 360 g/mol. The highest BCUT2D eigenvalue weighted by Gasteiger charge is 2.09. The zero-order chi connectivity index (χ0) is 19.2. The third-order valence-corrected chi connectivity index (χ3v) is 4.77. The molecule has 0 atom stereocenters. The van der Waals surface area contributed by atoms with Crippen molar-refractivity contribution in [3.63, 3.8) is 0 Å². The Morgan fingerprint density at radius 1 is 1.07 bits per heavy atom. The number of Topliss-reactive ketones (excluding diaryl/α,β-unsaturated/α-hetero) is 1. The van der Waals surface area contributed by atoms with Crippen LogP contribution in [-0.4, -0.2) is 16.7 Å². The second kappa shape index (κ2) is 8.60. The molecule has 1 amide bonds. The Morgan fingerprint density at radius 3 is 2.44 bits per heavy atom.